The Bertz CT molecular complexity index is 1390. The van der Waals surface area contributed by atoms with E-state index in [1.165, 1.54) is 23.1 Å². The van der Waals surface area contributed by atoms with Gasteiger partial charge in [-0.05, 0) is 41.3 Å². The third kappa shape index (κ3) is 4.27. The van der Waals surface area contributed by atoms with E-state index in [2.05, 4.69) is 10.1 Å². The van der Waals surface area contributed by atoms with Crippen molar-refractivity contribution >= 4 is 44.9 Å². The molecule has 0 saturated heterocycles. The van der Waals surface area contributed by atoms with Gasteiger partial charge in [0, 0.05) is 10.6 Å². The Morgan fingerprint density at radius 1 is 1.03 bits per heavy atom. The van der Waals surface area contributed by atoms with Crippen LogP contribution in [0, 0.1) is 0 Å². The van der Waals surface area contributed by atoms with E-state index < -0.39 is 0 Å². The van der Waals surface area contributed by atoms with Crippen LogP contribution < -0.4 is 5.56 Å². The monoisotopic (exact) mass is 466 g/mol. The molecule has 0 spiro atoms. The Morgan fingerprint density at radius 2 is 1.84 bits per heavy atom. The molecule has 0 N–H and O–H groups in total. The van der Waals surface area contributed by atoms with Crippen LogP contribution in [-0.2, 0) is 12.3 Å². The van der Waals surface area contributed by atoms with Gasteiger partial charge in [0.25, 0.3) is 5.56 Å². The molecule has 5 aromatic rings. The minimum atomic E-state index is -0.0428. The summed E-state index contributed by atoms with van der Waals surface area (Å²) in [7, 11) is 0. The number of fused-ring (bicyclic) bond motifs is 1. The van der Waals surface area contributed by atoms with Crippen LogP contribution in [0.4, 0.5) is 0 Å². The molecule has 0 aliphatic carbocycles. The Morgan fingerprint density at radius 3 is 2.65 bits per heavy atom. The fraction of sp³-hybridized carbons (Fsp3) is 0.0909. The van der Waals surface area contributed by atoms with Gasteiger partial charge in [-0.25, -0.2) is 4.98 Å². The fourth-order valence-electron chi connectivity index (χ4n) is 3.10. The van der Waals surface area contributed by atoms with Crippen LogP contribution in [0.1, 0.15) is 11.5 Å². The van der Waals surface area contributed by atoms with Crippen LogP contribution >= 0.6 is 34.7 Å². The lowest BCUT2D eigenvalue weighted by atomic mass is 10.2. The molecule has 0 atom stereocenters. The molecule has 0 unspecified atom stereocenters. The van der Waals surface area contributed by atoms with Crippen LogP contribution in [0.3, 0.4) is 0 Å². The van der Waals surface area contributed by atoms with Crippen LogP contribution in [0.15, 0.2) is 80.5 Å². The van der Waals surface area contributed by atoms with E-state index in [9.17, 15) is 4.79 Å². The highest BCUT2D eigenvalue weighted by Crippen LogP contribution is 2.25. The van der Waals surface area contributed by atoms with Crippen molar-refractivity contribution in [2.45, 2.75) is 17.5 Å². The third-order valence-electron chi connectivity index (χ3n) is 4.61. The summed E-state index contributed by atoms with van der Waals surface area (Å²) < 4.78 is 7.76. The zero-order chi connectivity index (χ0) is 21.2. The van der Waals surface area contributed by atoms with Crippen molar-refractivity contribution in [3.05, 3.63) is 92.9 Å². The van der Waals surface area contributed by atoms with E-state index in [0.29, 0.717) is 44.4 Å². The SMILES string of the molecule is O=c1c2sccc2nc(SCc2nc(-c3ccc(Cl)cc3)no2)n1Cc1ccccc1. The van der Waals surface area contributed by atoms with Gasteiger partial charge in [0.05, 0.1) is 17.8 Å². The summed E-state index contributed by atoms with van der Waals surface area (Å²) in [5.74, 6) is 1.35. The molecule has 5 rings (SSSR count). The second-order valence-corrected chi connectivity index (χ2v) is 9.01. The Labute approximate surface area is 190 Å². The highest BCUT2D eigenvalue weighted by atomic mass is 35.5. The molecule has 31 heavy (non-hydrogen) atoms. The molecule has 3 aromatic heterocycles. The molecule has 0 fully saturated rings. The Balaban J connectivity index is 1.43. The van der Waals surface area contributed by atoms with Crippen molar-refractivity contribution in [3.8, 4) is 11.4 Å². The van der Waals surface area contributed by atoms with Gasteiger partial charge in [0.15, 0.2) is 5.16 Å². The fourth-order valence-corrected chi connectivity index (χ4v) is 4.84. The lowest BCUT2D eigenvalue weighted by molar-refractivity contribution is 0.391. The summed E-state index contributed by atoms with van der Waals surface area (Å²) in [6, 6.07) is 19.0. The van der Waals surface area contributed by atoms with Crippen molar-refractivity contribution in [3.63, 3.8) is 0 Å². The zero-order valence-corrected chi connectivity index (χ0v) is 18.5. The average molecular weight is 467 g/mol. The molecule has 2 aromatic carbocycles. The number of halogens is 1. The molecule has 0 amide bonds. The molecule has 0 radical (unpaired) electrons. The number of thiophene rings is 1. The summed E-state index contributed by atoms with van der Waals surface area (Å²) in [6.45, 7) is 0.447. The number of aromatic nitrogens is 4. The molecule has 0 saturated carbocycles. The largest absolute Gasteiger partial charge is 0.338 e. The van der Waals surface area contributed by atoms with E-state index in [0.717, 1.165) is 11.1 Å². The maximum absolute atomic E-state index is 13.1. The van der Waals surface area contributed by atoms with Crippen LogP contribution in [0.5, 0.6) is 0 Å². The van der Waals surface area contributed by atoms with Crippen molar-refractivity contribution < 1.29 is 4.52 Å². The highest BCUT2D eigenvalue weighted by molar-refractivity contribution is 7.98. The Kier molecular flexibility index (Phi) is 5.59. The van der Waals surface area contributed by atoms with Crippen molar-refractivity contribution in [1.29, 1.82) is 0 Å². The molecular weight excluding hydrogens is 452 g/mol. The first-order chi connectivity index (χ1) is 15.2. The van der Waals surface area contributed by atoms with E-state index in [1.54, 1.807) is 16.7 Å². The smallest absolute Gasteiger partial charge is 0.272 e. The highest BCUT2D eigenvalue weighted by Gasteiger charge is 2.15. The molecule has 0 aliphatic rings. The summed E-state index contributed by atoms with van der Waals surface area (Å²) in [6.07, 6.45) is 0. The molecule has 3 heterocycles. The maximum atomic E-state index is 13.1. The number of hydrogen-bond donors (Lipinski definition) is 0. The number of benzene rings is 2. The number of thioether (sulfide) groups is 1. The van der Waals surface area contributed by atoms with Crippen molar-refractivity contribution in [1.82, 2.24) is 19.7 Å². The molecular formula is C22H15ClN4O2S2. The van der Waals surface area contributed by atoms with E-state index in [1.807, 2.05) is 53.9 Å². The normalized spacial score (nSPS) is 11.3. The average Bonchev–Trinajstić information content (AvgIpc) is 3.45. The standard InChI is InChI=1S/C22H15ClN4O2S2/c23-16-8-6-15(7-9-16)20-25-18(29-26-20)13-31-22-24-17-10-11-30-19(17)21(28)27(22)12-14-4-2-1-3-5-14/h1-11H,12-13H2. The Hall–Kier alpha value is -2.94. The lowest BCUT2D eigenvalue weighted by Gasteiger charge is -2.11. The van der Waals surface area contributed by atoms with Crippen LogP contribution in [0.25, 0.3) is 21.6 Å². The summed E-state index contributed by atoms with van der Waals surface area (Å²) in [4.78, 5) is 22.3. The van der Waals surface area contributed by atoms with Gasteiger partial charge in [-0.3, -0.25) is 9.36 Å². The first kappa shape index (κ1) is 20.0. The van der Waals surface area contributed by atoms with Gasteiger partial charge in [-0.1, -0.05) is 58.9 Å². The minimum Gasteiger partial charge on any atom is -0.338 e. The summed E-state index contributed by atoms with van der Waals surface area (Å²) in [5, 5.41) is 7.20. The van der Waals surface area contributed by atoms with Gasteiger partial charge >= 0.3 is 0 Å². The number of nitrogens with zero attached hydrogens (tertiary/aromatic N) is 4. The van der Waals surface area contributed by atoms with Crippen molar-refractivity contribution in [2.75, 3.05) is 0 Å². The predicted molar refractivity (Wildman–Crippen MR) is 124 cm³/mol. The predicted octanol–water partition coefficient (Wildman–Crippen LogP) is 5.50. The van der Waals surface area contributed by atoms with Crippen molar-refractivity contribution in [2.24, 2.45) is 0 Å². The first-order valence-electron chi connectivity index (χ1n) is 9.41. The maximum Gasteiger partial charge on any atom is 0.272 e. The van der Waals surface area contributed by atoms with Gasteiger partial charge < -0.3 is 4.52 Å². The summed E-state index contributed by atoms with van der Waals surface area (Å²) >= 11 is 8.75. The summed E-state index contributed by atoms with van der Waals surface area (Å²) in [5.41, 5.74) is 2.52. The minimum absolute atomic E-state index is 0.0428. The zero-order valence-electron chi connectivity index (χ0n) is 16.1. The van der Waals surface area contributed by atoms with Gasteiger partial charge in [0.1, 0.15) is 4.70 Å². The van der Waals surface area contributed by atoms with E-state index >= 15 is 0 Å². The molecule has 0 bridgehead atoms. The third-order valence-corrected chi connectivity index (χ3v) is 6.71. The van der Waals surface area contributed by atoms with E-state index in [-0.39, 0.29) is 5.56 Å². The number of rotatable bonds is 6. The van der Waals surface area contributed by atoms with Crippen LogP contribution in [-0.4, -0.2) is 19.7 Å². The lowest BCUT2D eigenvalue weighted by Crippen LogP contribution is -2.23. The quantitative estimate of drug-likeness (QED) is 0.243. The molecule has 154 valence electrons. The van der Waals surface area contributed by atoms with Gasteiger partial charge in [0.2, 0.25) is 11.7 Å². The van der Waals surface area contributed by atoms with Gasteiger partial charge in [-0.15, -0.1) is 11.3 Å². The second kappa shape index (κ2) is 8.66. The van der Waals surface area contributed by atoms with Gasteiger partial charge in [-0.2, -0.15) is 4.98 Å². The first-order valence-corrected chi connectivity index (χ1v) is 11.6. The molecule has 0 aliphatic heterocycles. The van der Waals surface area contributed by atoms with Crippen LogP contribution in [0.2, 0.25) is 5.02 Å². The topological polar surface area (TPSA) is 73.8 Å². The number of hydrogen-bond acceptors (Lipinski definition) is 7. The molecule has 9 heteroatoms. The molecule has 6 nitrogen and oxygen atoms in total. The van der Waals surface area contributed by atoms with E-state index in [4.69, 9.17) is 21.1 Å². The second-order valence-electron chi connectivity index (χ2n) is 6.71.